The minimum atomic E-state index is -0.512. The summed E-state index contributed by atoms with van der Waals surface area (Å²) in [6.45, 7) is 3.76. The molecule has 1 aliphatic rings. The second kappa shape index (κ2) is 5.89. The number of aryl methyl sites for hydroxylation is 2. The highest BCUT2D eigenvalue weighted by molar-refractivity contribution is 6.53. The van der Waals surface area contributed by atoms with Crippen molar-refractivity contribution in [1.29, 1.82) is 0 Å². The highest BCUT2D eigenvalue weighted by Gasteiger charge is 2.39. The zero-order chi connectivity index (χ0) is 16.6. The zero-order valence-corrected chi connectivity index (χ0v) is 13.5. The zero-order valence-electron chi connectivity index (χ0n) is 12.8. The van der Waals surface area contributed by atoms with Gasteiger partial charge in [0.15, 0.2) is 0 Å². The molecule has 0 aromatic heterocycles. The van der Waals surface area contributed by atoms with E-state index in [1.165, 1.54) is 0 Å². The Morgan fingerprint density at radius 1 is 0.870 bits per heavy atom. The van der Waals surface area contributed by atoms with E-state index >= 15 is 0 Å². The molecule has 0 atom stereocenters. The molecule has 0 aliphatic carbocycles. The van der Waals surface area contributed by atoms with Gasteiger partial charge < -0.3 is 5.32 Å². The predicted octanol–water partition coefficient (Wildman–Crippen LogP) is 3.74. The number of nitrogens with zero attached hydrogens (tertiary/aromatic N) is 1. The van der Waals surface area contributed by atoms with E-state index < -0.39 is 11.8 Å². The number of carbonyl (C=O) groups excluding carboxylic acids is 2. The number of anilines is 2. The van der Waals surface area contributed by atoms with Gasteiger partial charge in [-0.2, -0.15) is 0 Å². The van der Waals surface area contributed by atoms with E-state index in [1.54, 1.807) is 12.1 Å². The maximum absolute atomic E-state index is 12.7. The van der Waals surface area contributed by atoms with Crippen LogP contribution in [0.5, 0.6) is 0 Å². The molecule has 0 radical (unpaired) electrons. The number of rotatable bonds is 3. The fourth-order valence-electron chi connectivity index (χ4n) is 2.49. The summed E-state index contributed by atoms with van der Waals surface area (Å²) < 4.78 is 0. The van der Waals surface area contributed by atoms with E-state index in [9.17, 15) is 9.59 Å². The van der Waals surface area contributed by atoms with E-state index in [0.29, 0.717) is 5.69 Å². The first kappa shape index (κ1) is 15.3. The van der Waals surface area contributed by atoms with Crippen molar-refractivity contribution >= 4 is 34.8 Å². The van der Waals surface area contributed by atoms with Crippen LogP contribution in [-0.2, 0) is 9.59 Å². The van der Waals surface area contributed by atoms with Crippen molar-refractivity contribution in [1.82, 2.24) is 0 Å². The van der Waals surface area contributed by atoms with Crippen LogP contribution < -0.4 is 10.2 Å². The number of hydrogen-bond donors (Lipinski definition) is 1. The molecule has 23 heavy (non-hydrogen) atoms. The first-order chi connectivity index (χ1) is 11.0. The van der Waals surface area contributed by atoms with E-state index in [0.717, 1.165) is 21.7 Å². The largest absolute Gasteiger partial charge is 0.349 e. The average Bonchev–Trinajstić information content (AvgIpc) is 2.74. The topological polar surface area (TPSA) is 49.4 Å². The highest BCUT2D eigenvalue weighted by Crippen LogP contribution is 2.32. The molecule has 0 spiro atoms. The van der Waals surface area contributed by atoms with Gasteiger partial charge >= 0.3 is 0 Å². The number of carbonyl (C=O) groups is 2. The Morgan fingerprint density at radius 3 is 2.13 bits per heavy atom. The lowest BCUT2D eigenvalue weighted by Gasteiger charge is -2.17. The first-order valence-corrected chi connectivity index (χ1v) is 7.55. The van der Waals surface area contributed by atoms with Gasteiger partial charge in [0.1, 0.15) is 10.7 Å². The standard InChI is InChI=1S/C18H15ClN2O2/c1-11-7-3-5-9-13(11)20-16-15(19)17(22)21(18(16)23)14-10-6-4-8-12(14)2/h3-10,20H,1-2H3. The van der Waals surface area contributed by atoms with Gasteiger partial charge in [0.2, 0.25) is 0 Å². The maximum Gasteiger partial charge on any atom is 0.283 e. The number of halogens is 1. The minimum absolute atomic E-state index is 0.0958. The number of hydrogen-bond acceptors (Lipinski definition) is 3. The molecule has 0 saturated heterocycles. The fourth-order valence-corrected chi connectivity index (χ4v) is 2.70. The van der Waals surface area contributed by atoms with Crippen LogP contribution in [0.4, 0.5) is 11.4 Å². The lowest BCUT2D eigenvalue weighted by Crippen LogP contribution is -2.32. The number of amides is 2. The molecule has 2 aromatic rings. The monoisotopic (exact) mass is 326 g/mol. The Kier molecular flexibility index (Phi) is 3.92. The van der Waals surface area contributed by atoms with Gasteiger partial charge in [0, 0.05) is 5.69 Å². The van der Waals surface area contributed by atoms with E-state index in [-0.39, 0.29) is 10.7 Å². The summed E-state index contributed by atoms with van der Waals surface area (Å²) in [5.41, 5.74) is 3.18. The van der Waals surface area contributed by atoms with E-state index in [1.807, 2.05) is 50.2 Å². The summed E-state index contributed by atoms with van der Waals surface area (Å²) in [4.78, 5) is 26.2. The molecule has 0 unspecified atom stereocenters. The van der Waals surface area contributed by atoms with Crippen molar-refractivity contribution < 1.29 is 9.59 Å². The summed E-state index contributed by atoms with van der Waals surface area (Å²) in [6, 6.07) is 14.7. The molecule has 1 heterocycles. The van der Waals surface area contributed by atoms with Crippen molar-refractivity contribution in [2.75, 3.05) is 10.2 Å². The number of nitrogens with one attached hydrogen (secondary N) is 1. The van der Waals surface area contributed by atoms with Crippen molar-refractivity contribution in [2.45, 2.75) is 13.8 Å². The number of imide groups is 1. The Labute approximate surface area is 139 Å². The van der Waals surface area contributed by atoms with Crippen LogP contribution in [0, 0.1) is 13.8 Å². The third-order valence-electron chi connectivity index (χ3n) is 3.79. The summed E-state index contributed by atoms with van der Waals surface area (Å²) in [6.07, 6.45) is 0. The van der Waals surface area contributed by atoms with Crippen molar-refractivity contribution in [3.05, 3.63) is 70.4 Å². The lowest BCUT2D eigenvalue weighted by molar-refractivity contribution is -0.120. The van der Waals surface area contributed by atoms with Crippen LogP contribution in [-0.4, -0.2) is 11.8 Å². The van der Waals surface area contributed by atoms with Crippen LogP contribution in [0.2, 0.25) is 0 Å². The Bertz CT molecular complexity index is 842. The predicted molar refractivity (Wildman–Crippen MR) is 91.4 cm³/mol. The molecule has 2 aromatic carbocycles. The third kappa shape index (κ3) is 2.62. The number of para-hydroxylation sites is 2. The lowest BCUT2D eigenvalue weighted by atomic mass is 10.2. The fraction of sp³-hybridized carbons (Fsp3) is 0.111. The Morgan fingerprint density at radius 2 is 1.48 bits per heavy atom. The molecule has 5 heteroatoms. The summed E-state index contributed by atoms with van der Waals surface area (Å²) in [7, 11) is 0. The van der Waals surface area contributed by atoms with Crippen LogP contribution in [0.25, 0.3) is 0 Å². The molecular formula is C18H15ClN2O2. The molecule has 3 rings (SSSR count). The van der Waals surface area contributed by atoms with E-state index in [2.05, 4.69) is 5.32 Å². The highest BCUT2D eigenvalue weighted by atomic mass is 35.5. The van der Waals surface area contributed by atoms with Crippen LogP contribution in [0.3, 0.4) is 0 Å². The second-order valence-electron chi connectivity index (χ2n) is 5.36. The molecule has 2 amide bonds. The molecular weight excluding hydrogens is 312 g/mol. The van der Waals surface area contributed by atoms with Gasteiger partial charge in [-0.1, -0.05) is 48.0 Å². The minimum Gasteiger partial charge on any atom is -0.349 e. The normalized spacial score (nSPS) is 14.7. The van der Waals surface area contributed by atoms with Crippen molar-refractivity contribution in [3.8, 4) is 0 Å². The smallest absolute Gasteiger partial charge is 0.283 e. The molecule has 4 nitrogen and oxygen atoms in total. The van der Waals surface area contributed by atoms with Gasteiger partial charge in [-0.05, 0) is 37.1 Å². The maximum atomic E-state index is 12.7. The van der Waals surface area contributed by atoms with Gasteiger partial charge in [-0.3, -0.25) is 9.59 Å². The number of benzene rings is 2. The molecule has 0 fully saturated rings. The Balaban J connectivity index is 1.97. The van der Waals surface area contributed by atoms with Gasteiger partial charge in [-0.15, -0.1) is 0 Å². The summed E-state index contributed by atoms with van der Waals surface area (Å²) in [5.74, 6) is -0.959. The van der Waals surface area contributed by atoms with Gasteiger partial charge in [0.25, 0.3) is 11.8 Å². The molecule has 1 N–H and O–H groups in total. The quantitative estimate of drug-likeness (QED) is 0.874. The first-order valence-electron chi connectivity index (χ1n) is 7.17. The van der Waals surface area contributed by atoms with Crippen LogP contribution in [0.1, 0.15) is 11.1 Å². The molecule has 1 aliphatic heterocycles. The second-order valence-corrected chi connectivity index (χ2v) is 5.74. The van der Waals surface area contributed by atoms with Gasteiger partial charge in [-0.25, -0.2) is 4.90 Å². The van der Waals surface area contributed by atoms with Crippen molar-refractivity contribution in [3.63, 3.8) is 0 Å². The summed E-state index contributed by atoms with van der Waals surface area (Å²) >= 11 is 6.13. The van der Waals surface area contributed by atoms with Crippen LogP contribution >= 0.6 is 11.6 Å². The molecule has 0 bridgehead atoms. The summed E-state index contributed by atoms with van der Waals surface area (Å²) in [5, 5.41) is 2.90. The van der Waals surface area contributed by atoms with Crippen molar-refractivity contribution in [2.24, 2.45) is 0 Å². The average molecular weight is 327 g/mol. The Hall–Kier alpha value is -2.59. The molecule has 116 valence electrons. The van der Waals surface area contributed by atoms with Crippen LogP contribution in [0.15, 0.2) is 59.3 Å². The SMILES string of the molecule is Cc1ccccc1NC1=C(Cl)C(=O)N(c2ccccc2C)C1=O. The molecule has 0 saturated carbocycles. The third-order valence-corrected chi connectivity index (χ3v) is 4.14. The van der Waals surface area contributed by atoms with Gasteiger partial charge in [0.05, 0.1) is 5.69 Å². The van der Waals surface area contributed by atoms with E-state index in [4.69, 9.17) is 11.6 Å².